The molecule has 24 heavy (non-hydrogen) atoms. The molecule has 1 unspecified atom stereocenters. The predicted molar refractivity (Wildman–Crippen MR) is 95.6 cm³/mol. The summed E-state index contributed by atoms with van der Waals surface area (Å²) in [6.07, 6.45) is 0.398. The number of anilines is 1. The molecule has 1 aliphatic heterocycles. The first-order chi connectivity index (χ1) is 11.2. The summed E-state index contributed by atoms with van der Waals surface area (Å²) in [4.78, 5) is 12.2. The van der Waals surface area contributed by atoms with E-state index in [1.165, 1.54) is 0 Å². The molecule has 0 spiro atoms. The molecule has 1 aromatic carbocycles. The van der Waals surface area contributed by atoms with Crippen LogP contribution in [0.25, 0.3) is 0 Å². The highest BCUT2D eigenvalue weighted by molar-refractivity contribution is 5.90. The second-order valence-electron chi connectivity index (χ2n) is 5.79. The summed E-state index contributed by atoms with van der Waals surface area (Å²) >= 11 is 0. The van der Waals surface area contributed by atoms with Crippen LogP contribution < -0.4 is 10.6 Å². The van der Waals surface area contributed by atoms with Gasteiger partial charge in [-0.25, -0.2) is 4.68 Å². The molecular formula is C17H23ClN4O2. The lowest BCUT2D eigenvalue weighted by atomic mass is 10.2. The number of nitrogens with one attached hydrogen (secondary N) is 2. The summed E-state index contributed by atoms with van der Waals surface area (Å²) in [6, 6.07) is 12.1. The number of rotatable bonds is 5. The summed E-state index contributed by atoms with van der Waals surface area (Å²) < 4.78 is 7.21. The number of benzene rings is 1. The highest BCUT2D eigenvalue weighted by Gasteiger charge is 2.18. The van der Waals surface area contributed by atoms with Crippen LogP contribution in [0.1, 0.15) is 17.7 Å². The molecule has 6 nitrogen and oxygen atoms in total. The van der Waals surface area contributed by atoms with Crippen molar-refractivity contribution in [1.82, 2.24) is 15.1 Å². The van der Waals surface area contributed by atoms with Crippen LogP contribution >= 0.6 is 12.4 Å². The van der Waals surface area contributed by atoms with E-state index in [9.17, 15) is 4.79 Å². The van der Waals surface area contributed by atoms with Gasteiger partial charge in [-0.1, -0.05) is 30.3 Å². The van der Waals surface area contributed by atoms with Crippen molar-refractivity contribution in [3.63, 3.8) is 0 Å². The maximum absolute atomic E-state index is 12.2. The first kappa shape index (κ1) is 18.4. The van der Waals surface area contributed by atoms with Gasteiger partial charge in [-0.15, -0.1) is 12.4 Å². The van der Waals surface area contributed by atoms with E-state index in [4.69, 9.17) is 4.74 Å². The Labute approximate surface area is 148 Å². The van der Waals surface area contributed by atoms with Gasteiger partial charge in [0, 0.05) is 25.1 Å². The number of hydrogen-bond acceptors (Lipinski definition) is 4. The fourth-order valence-electron chi connectivity index (χ4n) is 2.69. The summed E-state index contributed by atoms with van der Waals surface area (Å²) in [5, 5.41) is 10.7. The van der Waals surface area contributed by atoms with E-state index in [0.717, 1.165) is 23.6 Å². The van der Waals surface area contributed by atoms with Crippen molar-refractivity contribution in [2.24, 2.45) is 0 Å². The average molecular weight is 351 g/mol. The molecule has 1 aromatic heterocycles. The minimum Gasteiger partial charge on any atom is -0.378 e. The highest BCUT2D eigenvalue weighted by atomic mass is 35.5. The van der Waals surface area contributed by atoms with Crippen molar-refractivity contribution in [3.8, 4) is 0 Å². The predicted octanol–water partition coefficient (Wildman–Crippen LogP) is 1.98. The topological polar surface area (TPSA) is 68.2 Å². The second-order valence-corrected chi connectivity index (χ2v) is 5.79. The summed E-state index contributed by atoms with van der Waals surface area (Å²) in [7, 11) is 0. The molecule has 0 bridgehead atoms. The lowest BCUT2D eigenvalue weighted by Gasteiger charge is -2.23. The van der Waals surface area contributed by atoms with E-state index in [0.29, 0.717) is 26.2 Å². The minimum atomic E-state index is -0.0257. The van der Waals surface area contributed by atoms with Crippen LogP contribution in [0.15, 0.2) is 36.4 Å². The van der Waals surface area contributed by atoms with E-state index in [2.05, 4.69) is 15.7 Å². The smallest absolute Gasteiger partial charge is 0.227 e. The van der Waals surface area contributed by atoms with Crippen LogP contribution in [-0.2, 0) is 16.1 Å². The largest absolute Gasteiger partial charge is 0.378 e. The van der Waals surface area contributed by atoms with E-state index in [-0.39, 0.29) is 24.4 Å². The van der Waals surface area contributed by atoms with E-state index in [1.807, 2.05) is 48.0 Å². The van der Waals surface area contributed by atoms with Crippen LogP contribution in [0.5, 0.6) is 0 Å². The van der Waals surface area contributed by atoms with Crippen molar-refractivity contribution in [1.29, 1.82) is 0 Å². The molecule has 0 saturated carbocycles. The maximum atomic E-state index is 12.2. The van der Waals surface area contributed by atoms with Gasteiger partial charge in [-0.3, -0.25) is 4.79 Å². The normalized spacial score (nSPS) is 17.1. The number of aromatic nitrogens is 2. The Morgan fingerprint density at radius 2 is 2.21 bits per heavy atom. The minimum absolute atomic E-state index is 0. The molecule has 1 saturated heterocycles. The zero-order valence-electron chi connectivity index (χ0n) is 13.7. The maximum Gasteiger partial charge on any atom is 0.227 e. The Hall–Kier alpha value is -1.89. The van der Waals surface area contributed by atoms with Gasteiger partial charge in [0.05, 0.1) is 25.5 Å². The summed E-state index contributed by atoms with van der Waals surface area (Å²) in [5.74, 6) is 0.704. The number of carbonyl (C=O) groups is 1. The highest BCUT2D eigenvalue weighted by Crippen LogP contribution is 2.14. The van der Waals surface area contributed by atoms with Gasteiger partial charge in [0.25, 0.3) is 0 Å². The molecule has 2 aromatic rings. The standard InChI is InChI=1S/C17H22N4O2.ClH/c1-13-9-16(19-17(22)10-15-12-23-8-7-18-15)21(20-13)11-14-5-3-2-4-6-14;/h2-6,9,15,18H,7-8,10-12H2,1H3,(H,19,22);1H. The van der Waals surface area contributed by atoms with Crippen molar-refractivity contribution < 1.29 is 9.53 Å². The molecule has 130 valence electrons. The van der Waals surface area contributed by atoms with Gasteiger partial charge in [-0.2, -0.15) is 5.10 Å². The van der Waals surface area contributed by atoms with E-state index < -0.39 is 0 Å². The van der Waals surface area contributed by atoms with E-state index in [1.54, 1.807) is 0 Å². The van der Waals surface area contributed by atoms with E-state index >= 15 is 0 Å². The Morgan fingerprint density at radius 3 is 2.92 bits per heavy atom. The van der Waals surface area contributed by atoms with Crippen LogP contribution in [-0.4, -0.2) is 41.5 Å². The third-order valence-electron chi connectivity index (χ3n) is 3.78. The molecule has 1 amide bonds. The second kappa shape index (κ2) is 8.82. The summed E-state index contributed by atoms with van der Waals surface area (Å²) in [5.41, 5.74) is 2.03. The van der Waals surface area contributed by atoms with Crippen molar-refractivity contribution >= 4 is 24.1 Å². The Kier molecular flexibility index (Phi) is 6.78. The fourth-order valence-corrected chi connectivity index (χ4v) is 2.69. The molecule has 1 aliphatic rings. The van der Waals surface area contributed by atoms with Crippen LogP contribution in [0, 0.1) is 6.92 Å². The zero-order chi connectivity index (χ0) is 16.1. The Bertz CT molecular complexity index is 654. The number of ether oxygens (including phenoxy) is 1. The number of hydrogen-bond donors (Lipinski definition) is 2. The number of aryl methyl sites for hydroxylation is 1. The van der Waals surface area contributed by atoms with Crippen LogP contribution in [0.2, 0.25) is 0 Å². The fraction of sp³-hybridized carbons (Fsp3) is 0.412. The monoisotopic (exact) mass is 350 g/mol. The van der Waals surface area contributed by atoms with Gasteiger partial charge in [-0.05, 0) is 12.5 Å². The molecular weight excluding hydrogens is 328 g/mol. The zero-order valence-corrected chi connectivity index (χ0v) is 14.5. The number of carbonyl (C=O) groups excluding carboxylic acids is 1. The molecule has 2 heterocycles. The third kappa shape index (κ3) is 5.06. The van der Waals surface area contributed by atoms with Gasteiger partial charge in [0.2, 0.25) is 5.91 Å². The van der Waals surface area contributed by atoms with Gasteiger partial charge in [0.1, 0.15) is 5.82 Å². The molecule has 1 fully saturated rings. The number of amides is 1. The number of nitrogens with zero attached hydrogens (tertiary/aromatic N) is 2. The lowest BCUT2D eigenvalue weighted by Crippen LogP contribution is -2.43. The average Bonchev–Trinajstić information content (AvgIpc) is 2.88. The molecule has 0 aliphatic carbocycles. The quantitative estimate of drug-likeness (QED) is 0.865. The number of morpholine rings is 1. The molecule has 1 atom stereocenters. The molecule has 2 N–H and O–H groups in total. The van der Waals surface area contributed by atoms with Gasteiger partial charge >= 0.3 is 0 Å². The molecule has 0 radical (unpaired) electrons. The SMILES string of the molecule is Cc1cc(NC(=O)CC2COCCN2)n(Cc2ccccc2)n1.Cl. The van der Waals surface area contributed by atoms with Crippen molar-refractivity contribution in [2.75, 3.05) is 25.1 Å². The molecule has 3 rings (SSSR count). The van der Waals surface area contributed by atoms with Crippen molar-refractivity contribution in [3.05, 3.63) is 47.7 Å². The first-order valence-electron chi connectivity index (χ1n) is 7.90. The van der Waals surface area contributed by atoms with Gasteiger partial charge < -0.3 is 15.4 Å². The van der Waals surface area contributed by atoms with Crippen LogP contribution in [0.4, 0.5) is 5.82 Å². The first-order valence-corrected chi connectivity index (χ1v) is 7.90. The Balaban J connectivity index is 0.00000208. The number of halogens is 1. The van der Waals surface area contributed by atoms with Gasteiger partial charge in [0.15, 0.2) is 0 Å². The Morgan fingerprint density at radius 1 is 1.42 bits per heavy atom. The van der Waals surface area contributed by atoms with Crippen LogP contribution in [0.3, 0.4) is 0 Å². The molecule has 7 heteroatoms. The third-order valence-corrected chi connectivity index (χ3v) is 3.78. The lowest BCUT2D eigenvalue weighted by molar-refractivity contribution is -0.117. The van der Waals surface area contributed by atoms with Crippen molar-refractivity contribution in [2.45, 2.75) is 25.9 Å². The summed E-state index contributed by atoms with van der Waals surface area (Å²) in [6.45, 7) is 4.64.